The van der Waals surface area contributed by atoms with Crippen molar-refractivity contribution in [1.29, 1.82) is 0 Å². The smallest absolute Gasteiger partial charge is 0.264 e. The second-order valence-corrected chi connectivity index (χ2v) is 11.7. The van der Waals surface area contributed by atoms with Crippen molar-refractivity contribution in [1.82, 2.24) is 10.2 Å². The van der Waals surface area contributed by atoms with Crippen LogP contribution in [-0.2, 0) is 26.2 Å². The molecule has 7 nitrogen and oxygen atoms in total. The highest BCUT2D eigenvalue weighted by atomic mass is 35.5. The minimum atomic E-state index is -4.17. The van der Waals surface area contributed by atoms with E-state index in [1.807, 2.05) is 6.92 Å². The van der Waals surface area contributed by atoms with Gasteiger partial charge in [-0.1, -0.05) is 58.6 Å². The molecule has 1 N–H and O–H groups in total. The molecule has 38 heavy (non-hydrogen) atoms. The molecule has 0 saturated heterocycles. The lowest BCUT2D eigenvalue weighted by Gasteiger charge is -2.32. The van der Waals surface area contributed by atoms with Crippen LogP contribution in [0.1, 0.15) is 25.0 Å². The second-order valence-electron chi connectivity index (χ2n) is 8.59. The van der Waals surface area contributed by atoms with Gasteiger partial charge in [0.05, 0.1) is 10.6 Å². The molecular weight excluding hydrogens is 569 g/mol. The van der Waals surface area contributed by atoms with E-state index < -0.39 is 34.4 Å². The van der Waals surface area contributed by atoms with Crippen LogP contribution in [0, 0.1) is 6.92 Å². The molecule has 0 aliphatic heterocycles. The second kappa shape index (κ2) is 12.8. The number of hydrogen-bond donors (Lipinski definition) is 1. The van der Waals surface area contributed by atoms with Crippen LogP contribution in [0.3, 0.4) is 0 Å². The summed E-state index contributed by atoms with van der Waals surface area (Å²) in [5, 5.41) is 3.75. The summed E-state index contributed by atoms with van der Waals surface area (Å²) in [5.41, 5.74) is 1.57. The van der Waals surface area contributed by atoms with Crippen LogP contribution >= 0.6 is 34.8 Å². The zero-order valence-electron chi connectivity index (χ0n) is 21.1. The maximum absolute atomic E-state index is 13.8. The Morgan fingerprint density at radius 3 is 2.05 bits per heavy atom. The van der Waals surface area contributed by atoms with Crippen molar-refractivity contribution in [3.05, 3.63) is 92.9 Å². The molecule has 0 saturated carbocycles. The summed E-state index contributed by atoms with van der Waals surface area (Å²) < 4.78 is 28.5. The molecule has 0 heterocycles. The molecule has 0 aliphatic carbocycles. The van der Waals surface area contributed by atoms with E-state index in [0.717, 1.165) is 9.87 Å². The maximum Gasteiger partial charge on any atom is 0.264 e. The molecule has 0 radical (unpaired) electrons. The fourth-order valence-electron chi connectivity index (χ4n) is 3.73. The molecule has 0 spiro atoms. The molecule has 1 atom stereocenters. The standard InChI is InChI=1S/C27H28Cl3N3O4S/c1-4-31-27(35)19(3)32(16-23-24(29)6-5-7-25(23)30)26(34)17-33(21-12-10-20(28)11-13-21)38(36,37)22-14-8-18(2)9-15-22/h5-15,19H,4,16-17H2,1-3H3,(H,31,35). The number of amides is 2. The number of nitrogens with zero attached hydrogens (tertiary/aromatic N) is 2. The van der Waals surface area contributed by atoms with Crippen molar-refractivity contribution in [2.75, 3.05) is 17.4 Å². The van der Waals surface area contributed by atoms with Gasteiger partial charge in [0.25, 0.3) is 10.0 Å². The fraction of sp³-hybridized carbons (Fsp3) is 0.259. The van der Waals surface area contributed by atoms with Gasteiger partial charge >= 0.3 is 0 Å². The van der Waals surface area contributed by atoms with Crippen LogP contribution in [-0.4, -0.2) is 44.3 Å². The molecule has 0 fully saturated rings. The van der Waals surface area contributed by atoms with Gasteiger partial charge in [0.2, 0.25) is 11.8 Å². The normalized spacial score (nSPS) is 12.1. The third kappa shape index (κ3) is 6.99. The molecule has 0 bridgehead atoms. The number of benzene rings is 3. The highest BCUT2D eigenvalue weighted by Crippen LogP contribution is 2.29. The number of halogens is 3. The lowest BCUT2D eigenvalue weighted by molar-refractivity contribution is -0.139. The molecular formula is C27H28Cl3N3O4S. The Morgan fingerprint density at radius 1 is 0.921 bits per heavy atom. The maximum atomic E-state index is 13.8. The average Bonchev–Trinajstić information content (AvgIpc) is 2.87. The summed E-state index contributed by atoms with van der Waals surface area (Å²) in [6.45, 7) is 4.85. The van der Waals surface area contributed by atoms with E-state index in [1.54, 1.807) is 44.2 Å². The van der Waals surface area contributed by atoms with Gasteiger partial charge in [-0.15, -0.1) is 0 Å². The van der Waals surface area contributed by atoms with E-state index in [2.05, 4.69) is 5.32 Å². The van der Waals surface area contributed by atoms with Crippen LogP contribution in [0.15, 0.2) is 71.6 Å². The number of anilines is 1. The van der Waals surface area contributed by atoms with Gasteiger partial charge in [-0.3, -0.25) is 13.9 Å². The Morgan fingerprint density at radius 2 is 1.50 bits per heavy atom. The van der Waals surface area contributed by atoms with Crippen molar-refractivity contribution in [3.8, 4) is 0 Å². The van der Waals surface area contributed by atoms with Crippen molar-refractivity contribution in [3.63, 3.8) is 0 Å². The van der Waals surface area contributed by atoms with Gasteiger partial charge in [-0.2, -0.15) is 0 Å². The first kappa shape index (κ1) is 29.8. The van der Waals surface area contributed by atoms with Gasteiger partial charge in [-0.05, 0) is 69.3 Å². The number of rotatable bonds is 10. The first-order chi connectivity index (χ1) is 17.9. The Labute approximate surface area is 238 Å². The highest BCUT2D eigenvalue weighted by molar-refractivity contribution is 7.92. The molecule has 1 unspecified atom stereocenters. The number of likely N-dealkylation sites (N-methyl/N-ethyl adjacent to an activating group) is 1. The Kier molecular flexibility index (Phi) is 10.1. The van der Waals surface area contributed by atoms with Crippen molar-refractivity contribution in [2.24, 2.45) is 0 Å². The van der Waals surface area contributed by atoms with Gasteiger partial charge in [0, 0.05) is 33.7 Å². The zero-order chi connectivity index (χ0) is 28.0. The van der Waals surface area contributed by atoms with Gasteiger partial charge in [0.15, 0.2) is 0 Å². The monoisotopic (exact) mass is 595 g/mol. The van der Waals surface area contributed by atoms with Crippen LogP contribution in [0.2, 0.25) is 15.1 Å². The summed E-state index contributed by atoms with van der Waals surface area (Å²) in [4.78, 5) is 27.9. The van der Waals surface area contributed by atoms with E-state index in [-0.39, 0.29) is 17.1 Å². The van der Waals surface area contributed by atoms with Crippen LogP contribution in [0.25, 0.3) is 0 Å². The number of nitrogens with one attached hydrogen (secondary N) is 1. The Hall–Kier alpha value is -2.78. The quantitative estimate of drug-likeness (QED) is 0.325. The van der Waals surface area contributed by atoms with E-state index in [1.165, 1.54) is 41.3 Å². The van der Waals surface area contributed by atoms with Crippen molar-refractivity contribution < 1.29 is 18.0 Å². The highest BCUT2D eigenvalue weighted by Gasteiger charge is 2.33. The number of carbonyl (C=O) groups excluding carboxylic acids is 2. The third-order valence-electron chi connectivity index (χ3n) is 5.91. The van der Waals surface area contributed by atoms with E-state index >= 15 is 0 Å². The fourth-order valence-corrected chi connectivity index (χ4v) is 5.79. The molecule has 11 heteroatoms. The lowest BCUT2D eigenvalue weighted by atomic mass is 10.1. The number of aryl methyl sites for hydroxylation is 1. The molecule has 2 amide bonds. The molecule has 0 aliphatic rings. The average molecular weight is 597 g/mol. The lowest BCUT2D eigenvalue weighted by Crippen LogP contribution is -2.51. The SMILES string of the molecule is CCNC(=O)C(C)N(Cc1c(Cl)cccc1Cl)C(=O)CN(c1ccc(Cl)cc1)S(=O)(=O)c1ccc(C)cc1. The Balaban J connectivity index is 2.06. The van der Waals surface area contributed by atoms with Crippen LogP contribution < -0.4 is 9.62 Å². The van der Waals surface area contributed by atoms with Gasteiger partial charge < -0.3 is 10.2 Å². The number of sulfonamides is 1. The molecule has 202 valence electrons. The third-order valence-corrected chi connectivity index (χ3v) is 8.66. The summed E-state index contributed by atoms with van der Waals surface area (Å²) in [7, 11) is -4.17. The Bertz CT molecular complexity index is 1380. The van der Waals surface area contributed by atoms with Crippen molar-refractivity contribution >= 4 is 62.3 Å². The van der Waals surface area contributed by atoms with Crippen LogP contribution in [0.4, 0.5) is 5.69 Å². The largest absolute Gasteiger partial charge is 0.355 e. The van der Waals surface area contributed by atoms with Crippen LogP contribution in [0.5, 0.6) is 0 Å². The van der Waals surface area contributed by atoms with Crippen molar-refractivity contribution in [2.45, 2.75) is 38.3 Å². The van der Waals surface area contributed by atoms with E-state index in [0.29, 0.717) is 27.2 Å². The predicted molar refractivity (Wildman–Crippen MR) is 152 cm³/mol. The summed E-state index contributed by atoms with van der Waals surface area (Å²) in [6, 6.07) is 16.4. The first-order valence-electron chi connectivity index (χ1n) is 11.8. The summed E-state index contributed by atoms with van der Waals surface area (Å²) >= 11 is 18.8. The first-order valence-corrected chi connectivity index (χ1v) is 14.4. The minimum absolute atomic E-state index is 0.0170. The van der Waals surface area contributed by atoms with Gasteiger partial charge in [0.1, 0.15) is 12.6 Å². The zero-order valence-corrected chi connectivity index (χ0v) is 24.2. The number of hydrogen-bond acceptors (Lipinski definition) is 4. The molecule has 0 aromatic heterocycles. The molecule has 3 aromatic rings. The summed E-state index contributed by atoms with van der Waals surface area (Å²) in [5.74, 6) is -1.02. The number of carbonyl (C=O) groups is 2. The van der Waals surface area contributed by atoms with E-state index in [4.69, 9.17) is 34.8 Å². The molecule has 3 rings (SSSR count). The predicted octanol–water partition coefficient (Wildman–Crippen LogP) is 5.70. The summed E-state index contributed by atoms with van der Waals surface area (Å²) in [6.07, 6.45) is 0. The molecule has 3 aromatic carbocycles. The minimum Gasteiger partial charge on any atom is -0.355 e. The van der Waals surface area contributed by atoms with E-state index in [9.17, 15) is 18.0 Å². The topological polar surface area (TPSA) is 86.8 Å². The van der Waals surface area contributed by atoms with Gasteiger partial charge in [-0.25, -0.2) is 8.42 Å².